The largest absolute Gasteiger partial charge is 0.381 e. The molecule has 4 heteroatoms. The first-order valence-electron chi connectivity index (χ1n) is 5.80. The van der Waals surface area contributed by atoms with E-state index >= 15 is 0 Å². The molecule has 0 radical (unpaired) electrons. The zero-order chi connectivity index (χ0) is 11.7. The molecule has 0 aromatic heterocycles. The number of unbranched alkanes of at least 4 members (excludes halogenated alkanes) is 2. The maximum Gasteiger partial charge on any atom is 0.152 e. The summed E-state index contributed by atoms with van der Waals surface area (Å²) >= 11 is 0. The lowest BCUT2D eigenvalue weighted by Gasteiger charge is -2.07. The molecular formula is C11H24O3S. The van der Waals surface area contributed by atoms with Gasteiger partial charge in [0, 0.05) is 13.2 Å². The van der Waals surface area contributed by atoms with E-state index in [1.165, 1.54) is 12.8 Å². The van der Waals surface area contributed by atoms with Crippen LogP contribution in [0.1, 0.15) is 46.5 Å². The first kappa shape index (κ1) is 14.9. The normalized spacial score (nSPS) is 12.3. The molecule has 0 amide bonds. The van der Waals surface area contributed by atoms with Crippen molar-refractivity contribution in [2.75, 3.05) is 19.0 Å². The van der Waals surface area contributed by atoms with Crippen LogP contribution in [0.2, 0.25) is 0 Å². The van der Waals surface area contributed by atoms with Crippen molar-refractivity contribution in [1.29, 1.82) is 0 Å². The summed E-state index contributed by atoms with van der Waals surface area (Å²) in [6, 6.07) is 0. The Kier molecular flexibility index (Phi) is 8.06. The predicted octanol–water partition coefficient (Wildman–Crippen LogP) is 2.41. The van der Waals surface area contributed by atoms with Gasteiger partial charge in [0.2, 0.25) is 0 Å². The van der Waals surface area contributed by atoms with Gasteiger partial charge in [0.1, 0.15) is 0 Å². The van der Waals surface area contributed by atoms with Gasteiger partial charge in [-0.1, -0.05) is 19.8 Å². The topological polar surface area (TPSA) is 43.4 Å². The summed E-state index contributed by atoms with van der Waals surface area (Å²) in [6.07, 6.45) is 4.06. The van der Waals surface area contributed by atoms with Crippen molar-refractivity contribution in [2.45, 2.75) is 51.7 Å². The van der Waals surface area contributed by atoms with E-state index in [0.717, 1.165) is 13.0 Å². The lowest BCUT2D eigenvalue weighted by Crippen LogP contribution is -2.18. The van der Waals surface area contributed by atoms with E-state index < -0.39 is 9.84 Å². The molecule has 3 nitrogen and oxygen atoms in total. The van der Waals surface area contributed by atoms with Crippen LogP contribution in [0.4, 0.5) is 0 Å². The van der Waals surface area contributed by atoms with Gasteiger partial charge < -0.3 is 4.74 Å². The molecule has 0 unspecified atom stereocenters. The fourth-order valence-corrected chi connectivity index (χ4v) is 2.15. The quantitative estimate of drug-likeness (QED) is 0.577. The van der Waals surface area contributed by atoms with Gasteiger partial charge in [-0.3, -0.25) is 0 Å². The molecule has 0 rings (SSSR count). The molecule has 0 spiro atoms. The Labute approximate surface area is 94.1 Å². The highest BCUT2D eigenvalue weighted by atomic mass is 32.2. The summed E-state index contributed by atoms with van der Waals surface area (Å²) in [5, 5.41) is -0.266. The first-order chi connectivity index (χ1) is 7.00. The van der Waals surface area contributed by atoms with Crippen molar-refractivity contribution in [3.05, 3.63) is 0 Å². The molecule has 0 heterocycles. The van der Waals surface area contributed by atoms with Crippen molar-refractivity contribution < 1.29 is 13.2 Å². The summed E-state index contributed by atoms with van der Waals surface area (Å²) in [4.78, 5) is 0. The van der Waals surface area contributed by atoms with Crippen molar-refractivity contribution in [2.24, 2.45) is 0 Å². The SMILES string of the molecule is CCCCCOCCCS(=O)(=O)C(C)C. The number of hydrogen-bond donors (Lipinski definition) is 0. The third-order valence-electron chi connectivity index (χ3n) is 2.33. The lowest BCUT2D eigenvalue weighted by molar-refractivity contribution is 0.131. The van der Waals surface area contributed by atoms with E-state index in [1.807, 2.05) is 0 Å². The molecule has 0 N–H and O–H groups in total. The minimum Gasteiger partial charge on any atom is -0.381 e. The van der Waals surface area contributed by atoms with Crippen molar-refractivity contribution >= 4 is 9.84 Å². The second-order valence-corrected chi connectivity index (χ2v) is 6.77. The highest BCUT2D eigenvalue weighted by Crippen LogP contribution is 2.03. The van der Waals surface area contributed by atoms with Gasteiger partial charge in [0.25, 0.3) is 0 Å². The number of ether oxygens (including phenoxy) is 1. The number of sulfone groups is 1. The Morgan fingerprint density at radius 1 is 1.07 bits per heavy atom. The molecule has 0 aliphatic rings. The van der Waals surface area contributed by atoms with Crippen LogP contribution in [0.5, 0.6) is 0 Å². The van der Waals surface area contributed by atoms with Crippen molar-refractivity contribution in [3.63, 3.8) is 0 Å². The number of hydrogen-bond acceptors (Lipinski definition) is 3. The molecule has 0 aromatic rings. The van der Waals surface area contributed by atoms with Gasteiger partial charge in [-0.05, 0) is 26.7 Å². The fraction of sp³-hybridized carbons (Fsp3) is 1.00. The maximum atomic E-state index is 11.4. The van der Waals surface area contributed by atoms with E-state index in [9.17, 15) is 8.42 Å². The minimum atomic E-state index is -2.88. The molecule has 0 saturated heterocycles. The van der Waals surface area contributed by atoms with Crippen LogP contribution in [-0.2, 0) is 14.6 Å². The predicted molar refractivity (Wildman–Crippen MR) is 63.9 cm³/mol. The van der Waals surface area contributed by atoms with Gasteiger partial charge in [-0.2, -0.15) is 0 Å². The van der Waals surface area contributed by atoms with Crippen LogP contribution in [0.25, 0.3) is 0 Å². The van der Waals surface area contributed by atoms with Gasteiger partial charge in [0.15, 0.2) is 9.84 Å². The van der Waals surface area contributed by atoms with Crippen LogP contribution in [0.15, 0.2) is 0 Å². The lowest BCUT2D eigenvalue weighted by atomic mass is 10.3. The summed E-state index contributed by atoms with van der Waals surface area (Å²) in [6.45, 7) is 6.91. The zero-order valence-electron chi connectivity index (χ0n) is 10.2. The van der Waals surface area contributed by atoms with Crippen LogP contribution >= 0.6 is 0 Å². The van der Waals surface area contributed by atoms with E-state index in [4.69, 9.17) is 4.74 Å². The summed E-state index contributed by atoms with van der Waals surface area (Å²) < 4.78 is 28.2. The van der Waals surface area contributed by atoms with E-state index in [0.29, 0.717) is 13.0 Å². The van der Waals surface area contributed by atoms with Gasteiger partial charge in [0.05, 0.1) is 11.0 Å². The molecule has 0 bridgehead atoms. The smallest absolute Gasteiger partial charge is 0.152 e. The van der Waals surface area contributed by atoms with Crippen LogP contribution in [0, 0.1) is 0 Å². The Morgan fingerprint density at radius 2 is 1.67 bits per heavy atom. The Hall–Kier alpha value is -0.0900. The number of rotatable bonds is 9. The Bertz CT molecular complexity index is 232. The molecule has 0 aliphatic heterocycles. The molecular weight excluding hydrogens is 212 g/mol. The molecule has 0 fully saturated rings. The fourth-order valence-electron chi connectivity index (χ4n) is 1.15. The third-order valence-corrected chi connectivity index (χ3v) is 4.62. The molecule has 92 valence electrons. The van der Waals surface area contributed by atoms with Crippen LogP contribution in [0.3, 0.4) is 0 Å². The Morgan fingerprint density at radius 3 is 2.20 bits per heavy atom. The van der Waals surface area contributed by atoms with Crippen LogP contribution in [-0.4, -0.2) is 32.6 Å². The summed E-state index contributed by atoms with van der Waals surface area (Å²) in [7, 11) is -2.88. The molecule has 15 heavy (non-hydrogen) atoms. The van der Waals surface area contributed by atoms with Crippen LogP contribution < -0.4 is 0 Å². The second-order valence-electron chi connectivity index (χ2n) is 4.09. The molecule has 0 atom stereocenters. The summed E-state index contributed by atoms with van der Waals surface area (Å²) in [5.74, 6) is 0.248. The molecule has 0 saturated carbocycles. The second kappa shape index (κ2) is 8.11. The van der Waals surface area contributed by atoms with Gasteiger partial charge in [-0.15, -0.1) is 0 Å². The zero-order valence-corrected chi connectivity index (χ0v) is 11.0. The maximum absolute atomic E-state index is 11.4. The minimum absolute atomic E-state index is 0.248. The van der Waals surface area contributed by atoms with E-state index in [-0.39, 0.29) is 11.0 Å². The third kappa shape index (κ3) is 7.79. The molecule has 0 aliphatic carbocycles. The van der Waals surface area contributed by atoms with E-state index in [2.05, 4.69) is 6.92 Å². The van der Waals surface area contributed by atoms with Gasteiger partial charge in [-0.25, -0.2) is 8.42 Å². The Balaban J connectivity index is 3.39. The van der Waals surface area contributed by atoms with Crippen molar-refractivity contribution in [3.8, 4) is 0 Å². The average molecular weight is 236 g/mol. The van der Waals surface area contributed by atoms with Gasteiger partial charge >= 0.3 is 0 Å². The average Bonchev–Trinajstić information content (AvgIpc) is 2.16. The highest BCUT2D eigenvalue weighted by Gasteiger charge is 2.14. The van der Waals surface area contributed by atoms with E-state index in [1.54, 1.807) is 13.8 Å². The monoisotopic (exact) mass is 236 g/mol. The molecule has 0 aromatic carbocycles. The first-order valence-corrected chi connectivity index (χ1v) is 7.51. The standard InChI is InChI=1S/C11H24O3S/c1-4-5-6-8-14-9-7-10-15(12,13)11(2)3/h11H,4-10H2,1-3H3. The highest BCUT2D eigenvalue weighted by molar-refractivity contribution is 7.91. The van der Waals surface area contributed by atoms with Crippen molar-refractivity contribution in [1.82, 2.24) is 0 Å². The summed E-state index contributed by atoms with van der Waals surface area (Å²) in [5.41, 5.74) is 0.